The summed E-state index contributed by atoms with van der Waals surface area (Å²) in [7, 11) is 0. The summed E-state index contributed by atoms with van der Waals surface area (Å²) in [4.78, 5) is 26.2. The number of rotatable bonds is 3. The Hall–Kier alpha value is -1.98. The number of carbonyl (C=O) groups is 1. The van der Waals surface area contributed by atoms with Crippen molar-refractivity contribution in [1.82, 2.24) is 10.3 Å². The number of aryl methyl sites for hydroxylation is 1. The number of carbonyl (C=O) groups excluding carboxylic acids is 1. The van der Waals surface area contributed by atoms with E-state index in [0.717, 1.165) is 25.7 Å². The molecule has 102 valence electrons. The molecule has 6 heteroatoms. The van der Waals surface area contributed by atoms with Crippen LogP contribution in [0.1, 0.15) is 48.2 Å². The summed E-state index contributed by atoms with van der Waals surface area (Å²) in [6.45, 7) is 1.68. The average Bonchev–Trinajstić information content (AvgIpc) is 2.40. The third-order valence-corrected chi connectivity index (χ3v) is 3.47. The maximum Gasteiger partial charge on any atom is 0.288 e. The first kappa shape index (κ1) is 13.5. The van der Waals surface area contributed by atoms with Crippen LogP contribution in [-0.4, -0.2) is 21.9 Å². The van der Waals surface area contributed by atoms with Gasteiger partial charge in [0.2, 0.25) is 0 Å². The monoisotopic (exact) mass is 263 g/mol. The summed E-state index contributed by atoms with van der Waals surface area (Å²) in [6.07, 6.45) is 6.59. The lowest BCUT2D eigenvalue weighted by Gasteiger charge is -2.22. The van der Waals surface area contributed by atoms with Crippen molar-refractivity contribution in [3.63, 3.8) is 0 Å². The zero-order chi connectivity index (χ0) is 13.8. The number of nitrogens with one attached hydrogen (secondary N) is 1. The molecule has 0 radical (unpaired) electrons. The zero-order valence-corrected chi connectivity index (χ0v) is 10.9. The van der Waals surface area contributed by atoms with Crippen molar-refractivity contribution in [1.29, 1.82) is 0 Å². The third kappa shape index (κ3) is 3.27. The lowest BCUT2D eigenvalue weighted by atomic mass is 9.95. The van der Waals surface area contributed by atoms with E-state index in [0.29, 0.717) is 11.3 Å². The Morgan fingerprint density at radius 1 is 1.42 bits per heavy atom. The van der Waals surface area contributed by atoms with Crippen molar-refractivity contribution in [3.8, 4) is 0 Å². The normalized spacial score (nSPS) is 16.1. The first-order valence-corrected chi connectivity index (χ1v) is 6.50. The van der Waals surface area contributed by atoms with E-state index in [4.69, 9.17) is 0 Å². The highest BCUT2D eigenvalue weighted by Gasteiger charge is 2.20. The van der Waals surface area contributed by atoms with Crippen LogP contribution in [0.3, 0.4) is 0 Å². The number of pyridine rings is 1. The van der Waals surface area contributed by atoms with Crippen LogP contribution in [0.25, 0.3) is 0 Å². The Balaban J connectivity index is 2.13. The van der Waals surface area contributed by atoms with E-state index in [-0.39, 0.29) is 17.6 Å². The standard InChI is InChI=1S/C13H17N3O3/c1-9-12(7-11(8-14-9)16(18)19)13(17)15-10-5-3-2-4-6-10/h7-8,10H,2-6H2,1H3,(H,15,17). The Labute approximate surface area is 111 Å². The van der Waals surface area contributed by atoms with Gasteiger partial charge in [0.25, 0.3) is 11.6 Å². The van der Waals surface area contributed by atoms with Crippen LogP contribution in [-0.2, 0) is 0 Å². The van der Waals surface area contributed by atoms with Crippen molar-refractivity contribution >= 4 is 11.6 Å². The highest BCUT2D eigenvalue weighted by atomic mass is 16.6. The van der Waals surface area contributed by atoms with Crippen LogP contribution < -0.4 is 5.32 Å². The Kier molecular flexibility index (Phi) is 4.09. The number of aromatic nitrogens is 1. The predicted octanol–water partition coefficient (Wildman–Crippen LogP) is 2.36. The fourth-order valence-corrected chi connectivity index (χ4v) is 2.36. The Bertz CT molecular complexity index is 496. The molecule has 0 atom stereocenters. The summed E-state index contributed by atoms with van der Waals surface area (Å²) in [5.41, 5.74) is 0.651. The van der Waals surface area contributed by atoms with Gasteiger partial charge < -0.3 is 5.32 Å². The van der Waals surface area contributed by atoms with E-state index in [1.54, 1.807) is 6.92 Å². The second-order valence-electron chi connectivity index (χ2n) is 4.89. The second-order valence-corrected chi connectivity index (χ2v) is 4.89. The first-order valence-electron chi connectivity index (χ1n) is 6.50. The maximum absolute atomic E-state index is 12.1. The van der Waals surface area contributed by atoms with Gasteiger partial charge in [-0.05, 0) is 19.8 Å². The van der Waals surface area contributed by atoms with E-state index >= 15 is 0 Å². The van der Waals surface area contributed by atoms with Gasteiger partial charge in [-0.1, -0.05) is 19.3 Å². The number of amides is 1. The molecule has 0 bridgehead atoms. The Morgan fingerprint density at radius 2 is 2.11 bits per heavy atom. The van der Waals surface area contributed by atoms with Crippen molar-refractivity contribution in [2.24, 2.45) is 0 Å². The Morgan fingerprint density at radius 3 is 2.74 bits per heavy atom. The van der Waals surface area contributed by atoms with E-state index in [1.807, 2.05) is 0 Å². The molecule has 6 nitrogen and oxygen atoms in total. The topological polar surface area (TPSA) is 85.1 Å². The van der Waals surface area contributed by atoms with Gasteiger partial charge in [0.15, 0.2) is 0 Å². The molecule has 1 amide bonds. The van der Waals surface area contributed by atoms with E-state index in [1.165, 1.54) is 18.7 Å². The zero-order valence-electron chi connectivity index (χ0n) is 10.9. The van der Waals surface area contributed by atoms with Crippen molar-refractivity contribution in [3.05, 3.63) is 33.6 Å². The molecule has 1 saturated carbocycles. The van der Waals surface area contributed by atoms with Crippen molar-refractivity contribution in [2.75, 3.05) is 0 Å². The largest absolute Gasteiger partial charge is 0.349 e. The molecule has 0 aliphatic heterocycles. The molecule has 19 heavy (non-hydrogen) atoms. The molecule has 0 unspecified atom stereocenters. The molecule has 1 heterocycles. The fraction of sp³-hybridized carbons (Fsp3) is 0.538. The molecule has 0 aromatic carbocycles. The first-order chi connectivity index (χ1) is 9.08. The molecule has 1 aliphatic carbocycles. The lowest BCUT2D eigenvalue weighted by molar-refractivity contribution is -0.385. The molecule has 1 aromatic rings. The quantitative estimate of drug-likeness (QED) is 0.670. The third-order valence-electron chi connectivity index (χ3n) is 3.47. The summed E-state index contributed by atoms with van der Waals surface area (Å²) in [6, 6.07) is 1.47. The number of hydrogen-bond acceptors (Lipinski definition) is 4. The highest BCUT2D eigenvalue weighted by molar-refractivity contribution is 5.95. The van der Waals surface area contributed by atoms with Gasteiger partial charge in [-0.15, -0.1) is 0 Å². The maximum atomic E-state index is 12.1. The fourth-order valence-electron chi connectivity index (χ4n) is 2.36. The minimum atomic E-state index is -0.538. The van der Waals surface area contributed by atoms with Crippen LogP contribution >= 0.6 is 0 Å². The van der Waals surface area contributed by atoms with Crippen LogP contribution in [0.5, 0.6) is 0 Å². The van der Waals surface area contributed by atoms with Gasteiger partial charge in [-0.2, -0.15) is 0 Å². The average molecular weight is 263 g/mol. The van der Waals surface area contributed by atoms with Crippen LogP contribution in [0, 0.1) is 17.0 Å². The van der Waals surface area contributed by atoms with Crippen LogP contribution in [0.15, 0.2) is 12.3 Å². The second kappa shape index (κ2) is 5.77. The van der Waals surface area contributed by atoms with Gasteiger partial charge in [0.05, 0.1) is 16.2 Å². The minimum absolute atomic E-state index is 0.153. The van der Waals surface area contributed by atoms with E-state index < -0.39 is 4.92 Å². The molecular formula is C13H17N3O3. The van der Waals surface area contributed by atoms with E-state index in [2.05, 4.69) is 10.3 Å². The van der Waals surface area contributed by atoms with Crippen molar-refractivity contribution in [2.45, 2.75) is 45.1 Å². The van der Waals surface area contributed by atoms with Gasteiger partial charge in [-0.3, -0.25) is 19.9 Å². The molecule has 0 spiro atoms. The van der Waals surface area contributed by atoms with Gasteiger partial charge in [-0.25, -0.2) is 0 Å². The SMILES string of the molecule is Cc1ncc([N+](=O)[O-])cc1C(=O)NC1CCCCC1. The summed E-state index contributed by atoms with van der Waals surface area (Å²) >= 11 is 0. The molecule has 1 N–H and O–H groups in total. The molecule has 0 saturated heterocycles. The number of hydrogen-bond donors (Lipinski definition) is 1. The minimum Gasteiger partial charge on any atom is -0.349 e. The number of nitro groups is 1. The highest BCUT2D eigenvalue weighted by Crippen LogP contribution is 2.19. The van der Waals surface area contributed by atoms with Gasteiger partial charge >= 0.3 is 0 Å². The summed E-state index contributed by atoms with van der Waals surface area (Å²) in [5, 5.41) is 13.7. The summed E-state index contributed by atoms with van der Waals surface area (Å²) < 4.78 is 0. The molecule has 1 fully saturated rings. The molecule has 1 aromatic heterocycles. The van der Waals surface area contributed by atoms with Gasteiger partial charge in [0, 0.05) is 12.1 Å². The molecule has 1 aliphatic rings. The van der Waals surface area contributed by atoms with Crippen LogP contribution in [0.2, 0.25) is 0 Å². The van der Waals surface area contributed by atoms with E-state index in [9.17, 15) is 14.9 Å². The molecule has 2 rings (SSSR count). The summed E-state index contributed by atoms with van der Waals surface area (Å²) in [5.74, 6) is -0.263. The van der Waals surface area contributed by atoms with Crippen molar-refractivity contribution < 1.29 is 9.72 Å². The predicted molar refractivity (Wildman–Crippen MR) is 70.0 cm³/mol. The molecular weight excluding hydrogens is 246 g/mol. The van der Waals surface area contributed by atoms with Crippen LogP contribution in [0.4, 0.5) is 5.69 Å². The smallest absolute Gasteiger partial charge is 0.288 e. The number of nitrogens with zero attached hydrogens (tertiary/aromatic N) is 2. The lowest BCUT2D eigenvalue weighted by Crippen LogP contribution is -2.36. The van der Waals surface area contributed by atoms with Gasteiger partial charge in [0.1, 0.15) is 6.20 Å².